The number of guanidine groups is 1. The molecule has 13 nitrogen and oxygen atoms in total. The number of rotatable bonds is 20. The molecule has 14 heteroatoms. The number of anilines is 2. The molecule has 1 heterocycles. The number of unbranched alkanes of at least 4 members (excludes halogenated alkanes) is 3. The molecule has 200 valence electrons. The zero-order chi connectivity index (χ0) is 25.7. The molecule has 0 saturated carbocycles. The van der Waals surface area contributed by atoms with Crippen molar-refractivity contribution in [3.63, 3.8) is 0 Å². The Morgan fingerprint density at radius 1 is 0.829 bits per heavy atom. The van der Waals surface area contributed by atoms with Gasteiger partial charge in [0.05, 0.1) is 52.9 Å². The molecule has 0 fully saturated rings. The van der Waals surface area contributed by atoms with Crippen molar-refractivity contribution in [2.45, 2.75) is 25.7 Å². The van der Waals surface area contributed by atoms with Gasteiger partial charge in [-0.25, -0.2) is 9.97 Å². The van der Waals surface area contributed by atoms with Gasteiger partial charge in [0.2, 0.25) is 0 Å². The Kier molecular flexibility index (Phi) is 17.5. The summed E-state index contributed by atoms with van der Waals surface area (Å²) < 4.78 is 26.5. The number of carbonyl (C=O) groups excluding carboxylic acids is 1. The number of hydrogen-bond acceptors (Lipinski definition) is 11. The molecule has 0 unspecified atom stereocenters. The molecule has 0 saturated heterocycles. The Balaban J connectivity index is 1.93. The second kappa shape index (κ2) is 20.0. The summed E-state index contributed by atoms with van der Waals surface area (Å²) in [4.78, 5) is 23.8. The molecule has 35 heavy (non-hydrogen) atoms. The minimum absolute atomic E-state index is 0.0340. The average molecular weight is 520 g/mol. The molecule has 1 aromatic heterocycles. The van der Waals surface area contributed by atoms with Gasteiger partial charge in [-0.3, -0.25) is 15.1 Å². The van der Waals surface area contributed by atoms with Gasteiger partial charge in [0.1, 0.15) is 0 Å². The summed E-state index contributed by atoms with van der Waals surface area (Å²) >= 11 is 5.77. The number of nitrogen functional groups attached to an aromatic ring is 2. The van der Waals surface area contributed by atoms with Crippen molar-refractivity contribution in [1.29, 1.82) is 0 Å². The monoisotopic (exact) mass is 519 g/mol. The van der Waals surface area contributed by atoms with Gasteiger partial charge < -0.3 is 40.9 Å². The van der Waals surface area contributed by atoms with E-state index in [9.17, 15) is 4.79 Å². The van der Waals surface area contributed by atoms with Crippen LogP contribution in [0.15, 0.2) is 4.99 Å². The zero-order valence-corrected chi connectivity index (χ0v) is 21.1. The molecule has 0 aliphatic rings. The van der Waals surface area contributed by atoms with Crippen LogP contribution in [0.5, 0.6) is 0 Å². The van der Waals surface area contributed by atoms with Gasteiger partial charge in [0.25, 0.3) is 5.91 Å². The lowest BCUT2D eigenvalue weighted by Gasteiger charge is -2.08. The Labute approximate surface area is 211 Å². The third-order valence-electron chi connectivity index (χ3n) is 4.39. The van der Waals surface area contributed by atoms with Gasteiger partial charge in [0.15, 0.2) is 28.4 Å². The van der Waals surface area contributed by atoms with Crippen LogP contribution in [-0.2, 0) is 23.7 Å². The first-order valence-electron chi connectivity index (χ1n) is 11.4. The number of aliphatic imine (C=N–C) groups is 1. The lowest BCUT2D eigenvalue weighted by atomic mass is 10.2. The number of amides is 1. The first-order chi connectivity index (χ1) is 17.0. The van der Waals surface area contributed by atoms with E-state index < -0.39 is 5.91 Å². The van der Waals surface area contributed by atoms with Gasteiger partial charge >= 0.3 is 0 Å². The first-order valence-corrected chi connectivity index (χ1v) is 11.8. The molecule has 7 N–H and O–H groups in total. The van der Waals surface area contributed by atoms with Gasteiger partial charge in [-0.15, -0.1) is 0 Å². The fraction of sp³-hybridized carbons (Fsp3) is 0.714. The lowest BCUT2D eigenvalue weighted by Crippen LogP contribution is -2.38. The number of carbonyl (C=O) groups is 1. The third-order valence-corrected chi connectivity index (χ3v) is 4.67. The number of nitrogens with zero attached hydrogens (tertiary/aromatic N) is 3. The van der Waals surface area contributed by atoms with Crippen LogP contribution in [0.3, 0.4) is 0 Å². The first kappa shape index (κ1) is 30.7. The second-order valence-corrected chi connectivity index (χ2v) is 7.57. The molecule has 0 bridgehead atoms. The number of hydrogen-bond donors (Lipinski definition) is 4. The lowest BCUT2D eigenvalue weighted by molar-refractivity contribution is -0.00800. The Morgan fingerprint density at radius 2 is 1.37 bits per heavy atom. The molecule has 1 amide bonds. The van der Waals surface area contributed by atoms with Crippen molar-refractivity contribution in [3.8, 4) is 0 Å². The van der Waals surface area contributed by atoms with Gasteiger partial charge in [-0.2, -0.15) is 0 Å². The number of ether oxygens (including phenoxy) is 5. The maximum Gasteiger partial charge on any atom is 0.280 e. The SMILES string of the molecule is COCCOCCOCCOCCOCCCCCCN=C(N)NC(=O)c1nc(Cl)c(N)nc1N. The van der Waals surface area contributed by atoms with E-state index in [2.05, 4.69) is 20.3 Å². The van der Waals surface area contributed by atoms with Gasteiger partial charge in [-0.1, -0.05) is 24.4 Å². The quantitative estimate of drug-likeness (QED) is 0.107. The summed E-state index contributed by atoms with van der Waals surface area (Å²) in [5.41, 5.74) is 16.7. The number of nitrogens with one attached hydrogen (secondary N) is 1. The van der Waals surface area contributed by atoms with E-state index in [4.69, 9.17) is 52.5 Å². The highest BCUT2D eigenvalue weighted by atomic mass is 35.5. The molecule has 1 rings (SSSR count). The maximum absolute atomic E-state index is 12.1. The summed E-state index contributed by atoms with van der Waals surface area (Å²) in [5.74, 6) is -0.891. The highest BCUT2D eigenvalue weighted by Gasteiger charge is 2.16. The van der Waals surface area contributed by atoms with E-state index in [-0.39, 0.29) is 28.4 Å². The maximum atomic E-state index is 12.1. The van der Waals surface area contributed by atoms with E-state index in [0.717, 1.165) is 25.7 Å². The van der Waals surface area contributed by atoms with E-state index in [1.165, 1.54) is 0 Å². The summed E-state index contributed by atoms with van der Waals surface area (Å²) in [6.07, 6.45) is 3.73. The highest BCUT2D eigenvalue weighted by molar-refractivity contribution is 6.31. The molecular formula is C21H38ClN7O6. The Hall–Kier alpha value is -2.29. The van der Waals surface area contributed by atoms with E-state index >= 15 is 0 Å². The number of aromatic nitrogens is 2. The van der Waals surface area contributed by atoms with Crippen molar-refractivity contribution in [1.82, 2.24) is 15.3 Å². The van der Waals surface area contributed by atoms with Crippen LogP contribution in [0.4, 0.5) is 11.6 Å². The molecule has 1 aromatic rings. The fourth-order valence-corrected chi connectivity index (χ4v) is 2.72. The molecule has 0 aliphatic heterocycles. The van der Waals surface area contributed by atoms with Crippen LogP contribution >= 0.6 is 11.6 Å². The van der Waals surface area contributed by atoms with E-state index in [0.29, 0.717) is 66.0 Å². The Bertz CT molecular complexity index is 757. The van der Waals surface area contributed by atoms with Crippen LogP contribution < -0.4 is 22.5 Å². The van der Waals surface area contributed by atoms with Crippen molar-refractivity contribution in [3.05, 3.63) is 10.8 Å². The van der Waals surface area contributed by atoms with Gasteiger partial charge in [-0.05, 0) is 12.8 Å². The summed E-state index contributed by atoms with van der Waals surface area (Å²) in [7, 11) is 1.64. The second-order valence-electron chi connectivity index (χ2n) is 7.21. The normalized spacial score (nSPS) is 11.7. The molecule has 0 radical (unpaired) electrons. The van der Waals surface area contributed by atoms with Crippen molar-refractivity contribution in [2.75, 3.05) is 84.6 Å². The predicted octanol–water partition coefficient (Wildman–Crippen LogP) is 0.612. The zero-order valence-electron chi connectivity index (χ0n) is 20.3. The average Bonchev–Trinajstić information content (AvgIpc) is 2.82. The van der Waals surface area contributed by atoms with Crippen molar-refractivity contribution in [2.24, 2.45) is 10.7 Å². The third kappa shape index (κ3) is 15.3. The molecule has 0 aromatic carbocycles. The fourth-order valence-electron chi connectivity index (χ4n) is 2.60. The number of methoxy groups -OCH3 is 1. The van der Waals surface area contributed by atoms with Crippen molar-refractivity contribution >= 4 is 35.1 Å². The van der Waals surface area contributed by atoms with Crippen LogP contribution in [0.1, 0.15) is 36.2 Å². The van der Waals surface area contributed by atoms with Crippen LogP contribution in [0.2, 0.25) is 5.15 Å². The molecule has 0 aliphatic carbocycles. The minimum Gasteiger partial charge on any atom is -0.382 e. The summed E-state index contributed by atoms with van der Waals surface area (Å²) in [5, 5.41) is 2.29. The smallest absolute Gasteiger partial charge is 0.280 e. The summed E-state index contributed by atoms with van der Waals surface area (Å²) in [6.45, 7) is 5.55. The summed E-state index contributed by atoms with van der Waals surface area (Å²) in [6, 6.07) is 0. The van der Waals surface area contributed by atoms with Crippen molar-refractivity contribution < 1.29 is 28.5 Å². The van der Waals surface area contributed by atoms with Gasteiger partial charge in [0, 0.05) is 20.3 Å². The Morgan fingerprint density at radius 3 is 1.97 bits per heavy atom. The number of nitrogens with two attached hydrogens (primary N) is 3. The van der Waals surface area contributed by atoms with E-state index in [1.807, 2.05) is 0 Å². The van der Waals surface area contributed by atoms with Crippen LogP contribution in [0, 0.1) is 0 Å². The van der Waals surface area contributed by atoms with Crippen LogP contribution in [-0.4, -0.2) is 95.0 Å². The molecule has 0 spiro atoms. The molecule has 0 atom stereocenters. The van der Waals surface area contributed by atoms with E-state index in [1.54, 1.807) is 7.11 Å². The van der Waals surface area contributed by atoms with Crippen LogP contribution in [0.25, 0.3) is 0 Å². The topological polar surface area (TPSA) is 191 Å². The largest absolute Gasteiger partial charge is 0.382 e. The highest BCUT2D eigenvalue weighted by Crippen LogP contribution is 2.17. The number of halogens is 1. The predicted molar refractivity (Wildman–Crippen MR) is 133 cm³/mol. The molecular weight excluding hydrogens is 482 g/mol. The minimum atomic E-state index is -0.657. The standard InChI is InChI=1S/C21H38ClN7O6/c1-31-8-9-33-12-13-35-15-14-34-11-10-32-7-5-3-2-4-6-26-21(25)29-20(30)16-18(23)28-19(24)17(22)27-16/h2-15H2,1H3,(H4,23,24,28)(H3,25,26,29,30).